The van der Waals surface area contributed by atoms with Crippen LogP contribution in [0, 0.1) is 11.3 Å². The van der Waals surface area contributed by atoms with E-state index in [9.17, 15) is 18.4 Å². The first-order chi connectivity index (χ1) is 12.3. The number of carbonyl (C=O) groups is 2. The van der Waals surface area contributed by atoms with Gasteiger partial charge in [0.25, 0.3) is 17.7 Å². The van der Waals surface area contributed by atoms with Crippen molar-refractivity contribution in [1.82, 2.24) is 15.4 Å². The molecule has 1 aromatic heterocycles. The van der Waals surface area contributed by atoms with Gasteiger partial charge >= 0.3 is 0 Å². The summed E-state index contributed by atoms with van der Waals surface area (Å²) in [5.41, 5.74) is -0.912. The van der Waals surface area contributed by atoms with Crippen LogP contribution in [-0.4, -0.2) is 67.2 Å². The van der Waals surface area contributed by atoms with E-state index in [1.54, 1.807) is 0 Å². The largest absolute Gasteiger partial charge is 0.479 e. The minimum absolute atomic E-state index is 0.0249. The number of aromatic nitrogens is 1. The first-order valence-electron chi connectivity index (χ1n) is 8.39. The zero-order valence-corrected chi connectivity index (χ0v) is 14.2. The van der Waals surface area contributed by atoms with E-state index in [1.165, 1.54) is 18.1 Å². The van der Waals surface area contributed by atoms with Gasteiger partial charge in [-0.05, 0) is 5.16 Å². The number of amides is 2. The molecule has 2 saturated heterocycles. The molecule has 3 aliphatic rings. The molecule has 0 aromatic carbocycles. The molecule has 2 atom stereocenters. The number of likely N-dealkylation sites (tertiary alicyclic amines) is 1. The molecule has 142 valence electrons. The zero-order valence-electron chi connectivity index (χ0n) is 14.2. The predicted molar refractivity (Wildman–Crippen MR) is 81.8 cm³/mol. The summed E-state index contributed by atoms with van der Waals surface area (Å²) in [5, 5.41) is 6.30. The number of fused-ring (bicyclic) bond motifs is 1. The number of hydrogen-bond donors (Lipinski definition) is 1. The maximum Gasteiger partial charge on any atom is 0.292 e. The molecule has 2 amide bonds. The third-order valence-corrected chi connectivity index (χ3v) is 5.45. The van der Waals surface area contributed by atoms with Crippen LogP contribution >= 0.6 is 0 Å². The Kier molecular flexibility index (Phi) is 3.90. The Morgan fingerprint density at radius 1 is 1.42 bits per heavy atom. The van der Waals surface area contributed by atoms with E-state index in [0.29, 0.717) is 13.2 Å². The van der Waals surface area contributed by atoms with Crippen LogP contribution in [0.4, 0.5) is 8.78 Å². The average molecular weight is 371 g/mol. The molecule has 0 radical (unpaired) electrons. The van der Waals surface area contributed by atoms with Crippen molar-refractivity contribution in [1.29, 1.82) is 0 Å². The number of nitrogens with zero attached hydrogens (tertiary/aromatic N) is 2. The quantitative estimate of drug-likeness (QED) is 0.837. The van der Waals surface area contributed by atoms with E-state index >= 15 is 0 Å². The molecule has 1 aliphatic carbocycles. The second-order valence-electron chi connectivity index (χ2n) is 7.22. The molecule has 1 N–H and O–H groups in total. The van der Waals surface area contributed by atoms with E-state index in [2.05, 4.69) is 10.5 Å². The summed E-state index contributed by atoms with van der Waals surface area (Å²) in [6.07, 6.45) is -0.693. The molecule has 1 saturated carbocycles. The molecule has 8 nitrogen and oxygen atoms in total. The van der Waals surface area contributed by atoms with Gasteiger partial charge in [-0.3, -0.25) is 9.59 Å². The van der Waals surface area contributed by atoms with Gasteiger partial charge in [0.15, 0.2) is 0 Å². The Morgan fingerprint density at radius 2 is 2.19 bits per heavy atom. The zero-order chi connectivity index (χ0) is 18.5. The maximum atomic E-state index is 13.0. The van der Waals surface area contributed by atoms with E-state index in [-0.39, 0.29) is 49.5 Å². The first-order valence-corrected chi connectivity index (χ1v) is 8.39. The van der Waals surface area contributed by atoms with Crippen LogP contribution in [0.15, 0.2) is 10.6 Å². The Hall–Kier alpha value is -2.23. The Balaban J connectivity index is 1.46. The molecule has 26 heavy (non-hydrogen) atoms. The second-order valence-corrected chi connectivity index (χ2v) is 7.22. The number of methoxy groups -OCH3 is 1. The number of hydrogen-bond acceptors (Lipinski definition) is 6. The highest BCUT2D eigenvalue weighted by Gasteiger charge is 2.58. The fourth-order valence-corrected chi connectivity index (χ4v) is 3.92. The summed E-state index contributed by atoms with van der Waals surface area (Å²) >= 11 is 0. The Bertz CT molecular complexity index is 731. The minimum Gasteiger partial charge on any atom is -0.479 e. The fourth-order valence-electron chi connectivity index (χ4n) is 3.92. The predicted octanol–water partition coefficient (Wildman–Crippen LogP) is 0.686. The van der Waals surface area contributed by atoms with Gasteiger partial charge in [-0.1, -0.05) is 0 Å². The number of carbonyl (C=O) groups excluding carboxylic acids is 2. The molecule has 0 spiro atoms. The lowest BCUT2D eigenvalue weighted by atomic mass is 9.79. The first kappa shape index (κ1) is 17.2. The fraction of sp³-hybridized carbons (Fsp3) is 0.688. The van der Waals surface area contributed by atoms with Gasteiger partial charge in [-0.15, -0.1) is 0 Å². The lowest BCUT2D eigenvalue weighted by Gasteiger charge is -2.37. The van der Waals surface area contributed by atoms with Gasteiger partial charge in [0, 0.05) is 37.9 Å². The number of halogens is 2. The van der Waals surface area contributed by atoms with Crippen LogP contribution in [0.3, 0.4) is 0 Å². The molecule has 4 rings (SSSR count). The van der Waals surface area contributed by atoms with Crippen molar-refractivity contribution in [3.8, 4) is 5.88 Å². The van der Waals surface area contributed by atoms with E-state index in [1.807, 2.05) is 0 Å². The van der Waals surface area contributed by atoms with Crippen LogP contribution < -0.4 is 10.1 Å². The van der Waals surface area contributed by atoms with E-state index in [4.69, 9.17) is 14.0 Å². The third kappa shape index (κ3) is 2.72. The van der Waals surface area contributed by atoms with Gasteiger partial charge in [0.05, 0.1) is 31.8 Å². The molecule has 0 bridgehead atoms. The van der Waals surface area contributed by atoms with E-state index < -0.39 is 23.3 Å². The van der Waals surface area contributed by atoms with Crippen molar-refractivity contribution in [3.63, 3.8) is 0 Å². The Labute approximate surface area is 147 Å². The number of alkyl halides is 2. The molecule has 2 aliphatic heterocycles. The highest BCUT2D eigenvalue weighted by Crippen LogP contribution is 2.44. The molecular weight excluding hydrogens is 352 g/mol. The highest BCUT2D eigenvalue weighted by molar-refractivity contribution is 5.93. The van der Waals surface area contributed by atoms with Crippen LogP contribution in [0.5, 0.6) is 5.88 Å². The van der Waals surface area contributed by atoms with Crippen LogP contribution in [-0.2, 0) is 9.53 Å². The van der Waals surface area contributed by atoms with Crippen molar-refractivity contribution in [3.05, 3.63) is 11.8 Å². The van der Waals surface area contributed by atoms with Gasteiger partial charge < -0.3 is 24.2 Å². The topological polar surface area (TPSA) is 93.9 Å². The summed E-state index contributed by atoms with van der Waals surface area (Å²) < 4.78 is 41.4. The molecule has 10 heteroatoms. The number of nitrogens with one attached hydrogen (secondary N) is 1. The molecular formula is C16H19F2N3O5. The van der Waals surface area contributed by atoms with Gasteiger partial charge in [0.1, 0.15) is 0 Å². The summed E-state index contributed by atoms with van der Waals surface area (Å²) in [6.45, 7) is 0.985. The lowest BCUT2D eigenvalue weighted by molar-refractivity contribution is -0.138. The minimum atomic E-state index is -2.70. The van der Waals surface area contributed by atoms with Crippen LogP contribution in [0.2, 0.25) is 0 Å². The summed E-state index contributed by atoms with van der Waals surface area (Å²) in [6, 6.07) is 0.854. The standard InChI is InChI=1S/C16H19F2N3O5/c1-24-12-2-11(26-20-12)13(22)21-5-9-6-25-8-15(9,7-21)14(23)19-10-3-16(17,18)4-10/h2,9-10H,3-8H2,1H3,(H,19,23)/t9-,15-/m1/s1. The highest BCUT2D eigenvalue weighted by atomic mass is 19.3. The SMILES string of the molecule is COc1cc(C(=O)N2C[C@@H]3COC[C@]3(C(=O)NC3CC(F)(F)C3)C2)on1. The van der Waals surface area contributed by atoms with Crippen molar-refractivity contribution in [2.45, 2.75) is 24.8 Å². The van der Waals surface area contributed by atoms with Crippen molar-refractivity contribution < 1.29 is 32.4 Å². The average Bonchev–Trinajstić information content (AvgIpc) is 3.26. The summed E-state index contributed by atoms with van der Waals surface area (Å²) in [7, 11) is 1.41. The van der Waals surface area contributed by atoms with Gasteiger partial charge in [-0.2, -0.15) is 0 Å². The number of ether oxygens (including phenoxy) is 2. The second kappa shape index (κ2) is 5.90. The van der Waals surface area contributed by atoms with Gasteiger partial charge in [-0.25, -0.2) is 8.78 Å². The molecule has 3 heterocycles. The smallest absolute Gasteiger partial charge is 0.292 e. The van der Waals surface area contributed by atoms with Crippen molar-refractivity contribution in [2.24, 2.45) is 11.3 Å². The summed E-state index contributed by atoms with van der Waals surface area (Å²) in [4.78, 5) is 26.9. The monoisotopic (exact) mass is 371 g/mol. The molecule has 3 fully saturated rings. The van der Waals surface area contributed by atoms with Crippen LogP contribution in [0.25, 0.3) is 0 Å². The van der Waals surface area contributed by atoms with Crippen molar-refractivity contribution in [2.75, 3.05) is 33.4 Å². The normalized spacial score (nSPS) is 30.0. The molecule has 0 unspecified atom stereocenters. The Morgan fingerprint density at radius 3 is 2.85 bits per heavy atom. The van der Waals surface area contributed by atoms with Crippen LogP contribution in [0.1, 0.15) is 23.4 Å². The maximum absolute atomic E-state index is 13.0. The van der Waals surface area contributed by atoms with E-state index in [0.717, 1.165) is 0 Å². The van der Waals surface area contributed by atoms with Gasteiger partial charge in [0.2, 0.25) is 11.7 Å². The third-order valence-electron chi connectivity index (χ3n) is 5.45. The number of rotatable bonds is 4. The molecule has 1 aromatic rings. The lowest BCUT2D eigenvalue weighted by Crippen LogP contribution is -2.56. The summed E-state index contributed by atoms with van der Waals surface area (Å²) in [5.74, 6) is -3.39. The van der Waals surface area contributed by atoms with Crippen molar-refractivity contribution >= 4 is 11.8 Å².